The zero-order valence-electron chi connectivity index (χ0n) is 11.9. The van der Waals surface area contributed by atoms with Crippen molar-refractivity contribution in [1.82, 2.24) is 4.90 Å². The monoisotopic (exact) mass is 355 g/mol. The van der Waals surface area contributed by atoms with Crippen LogP contribution in [0.3, 0.4) is 0 Å². The first kappa shape index (κ1) is 14.3. The topological polar surface area (TPSA) is 37.4 Å². The van der Waals surface area contributed by atoms with E-state index in [2.05, 4.69) is 15.9 Å². The third kappa shape index (κ3) is 2.73. The van der Waals surface area contributed by atoms with Gasteiger partial charge >= 0.3 is 0 Å². The second-order valence-electron chi connectivity index (χ2n) is 6.27. The highest BCUT2D eigenvalue weighted by Crippen LogP contribution is 2.40. The summed E-state index contributed by atoms with van der Waals surface area (Å²) in [6.45, 7) is 4.95. The lowest BCUT2D eigenvalue weighted by atomic mass is 10.1. The predicted octanol–water partition coefficient (Wildman–Crippen LogP) is 3.45. The van der Waals surface area contributed by atoms with Gasteiger partial charge in [0.15, 0.2) is 0 Å². The number of carbonyl (C=O) groups is 1. The molecule has 0 N–H and O–H groups in total. The van der Waals surface area contributed by atoms with E-state index in [4.69, 9.17) is 0 Å². The zero-order chi connectivity index (χ0) is 14.5. The highest BCUT2D eigenvalue weighted by Gasteiger charge is 2.34. The van der Waals surface area contributed by atoms with Crippen LogP contribution >= 0.6 is 23.1 Å². The summed E-state index contributed by atoms with van der Waals surface area (Å²) in [4.78, 5) is 14.5. The molecular weight excluding hydrogens is 337 g/mol. The van der Waals surface area contributed by atoms with Gasteiger partial charge in [-0.1, -0.05) is 28.8 Å². The average molecular weight is 356 g/mol. The molecule has 0 unspecified atom stereocenters. The van der Waals surface area contributed by atoms with E-state index >= 15 is 0 Å². The van der Waals surface area contributed by atoms with Gasteiger partial charge in [0, 0.05) is 22.9 Å². The van der Waals surface area contributed by atoms with Gasteiger partial charge in [-0.2, -0.15) is 0 Å². The molecule has 3 nitrogen and oxygen atoms in total. The van der Waals surface area contributed by atoms with E-state index in [1.807, 2.05) is 17.0 Å². The van der Waals surface area contributed by atoms with Gasteiger partial charge in [-0.3, -0.25) is 4.79 Å². The number of amides is 1. The maximum Gasteiger partial charge on any atom is 0.255 e. The van der Waals surface area contributed by atoms with Gasteiger partial charge in [-0.15, -0.1) is 0 Å². The SMILES string of the molecule is CP(C)(=O)c1cc(Br)cc2c1C(=O)N(CCC1CC1)C2. The number of carbonyl (C=O) groups excluding carboxylic acids is 1. The van der Waals surface area contributed by atoms with Crippen LogP contribution in [-0.4, -0.2) is 30.7 Å². The molecule has 0 aromatic heterocycles. The molecule has 3 rings (SSSR count). The van der Waals surface area contributed by atoms with Crippen molar-refractivity contribution in [2.75, 3.05) is 19.9 Å². The van der Waals surface area contributed by atoms with E-state index in [0.29, 0.717) is 12.1 Å². The van der Waals surface area contributed by atoms with E-state index in [1.54, 1.807) is 13.3 Å². The normalized spacial score (nSPS) is 18.6. The Labute approximate surface area is 128 Å². The number of fused-ring (bicyclic) bond motifs is 1. The lowest BCUT2D eigenvalue weighted by Gasteiger charge is -2.16. The van der Waals surface area contributed by atoms with Crippen LogP contribution in [-0.2, 0) is 11.1 Å². The van der Waals surface area contributed by atoms with Crippen LogP contribution in [0.15, 0.2) is 16.6 Å². The molecule has 2 aliphatic rings. The van der Waals surface area contributed by atoms with Crippen molar-refractivity contribution in [1.29, 1.82) is 0 Å². The van der Waals surface area contributed by atoms with Gasteiger partial charge in [0.05, 0.1) is 5.56 Å². The highest BCUT2D eigenvalue weighted by atomic mass is 79.9. The lowest BCUT2D eigenvalue weighted by Crippen LogP contribution is -2.27. The predicted molar refractivity (Wildman–Crippen MR) is 85.3 cm³/mol. The first-order chi connectivity index (χ1) is 9.36. The summed E-state index contributed by atoms with van der Waals surface area (Å²) >= 11 is 3.47. The van der Waals surface area contributed by atoms with Crippen LogP contribution in [0.1, 0.15) is 35.2 Å². The largest absolute Gasteiger partial charge is 0.334 e. The van der Waals surface area contributed by atoms with Crippen molar-refractivity contribution in [3.8, 4) is 0 Å². The Kier molecular flexibility index (Phi) is 3.58. The van der Waals surface area contributed by atoms with Crippen molar-refractivity contribution in [2.24, 2.45) is 5.92 Å². The Hall–Kier alpha value is -0.600. The number of rotatable bonds is 4. The van der Waals surface area contributed by atoms with Crippen LogP contribution in [0.2, 0.25) is 0 Å². The van der Waals surface area contributed by atoms with E-state index in [1.165, 1.54) is 12.8 Å². The molecular formula is C15H19BrNO2P. The Bertz CT molecular complexity index is 619. The second-order valence-corrected chi connectivity index (χ2v) is 10.4. The standard InChI is InChI=1S/C15H19BrNO2P/c1-20(2,19)13-8-12(16)7-11-9-17(15(18)14(11)13)6-5-10-3-4-10/h7-8,10H,3-6,9H2,1-2H3. The fourth-order valence-electron chi connectivity index (χ4n) is 2.80. The molecule has 1 amide bonds. The third-order valence-corrected chi connectivity index (χ3v) is 6.08. The average Bonchev–Trinajstić information content (AvgIpc) is 3.11. The van der Waals surface area contributed by atoms with E-state index in [-0.39, 0.29) is 5.91 Å². The zero-order valence-corrected chi connectivity index (χ0v) is 14.3. The maximum atomic E-state index is 12.6. The van der Waals surface area contributed by atoms with Gasteiger partial charge in [0.2, 0.25) is 0 Å². The summed E-state index contributed by atoms with van der Waals surface area (Å²) in [5.74, 6) is 0.883. The second kappa shape index (κ2) is 4.99. The molecule has 1 aromatic carbocycles. The van der Waals surface area contributed by atoms with Crippen molar-refractivity contribution in [3.63, 3.8) is 0 Å². The molecule has 0 spiro atoms. The first-order valence-corrected chi connectivity index (χ1v) is 10.4. The summed E-state index contributed by atoms with van der Waals surface area (Å²) in [5.41, 5.74) is 1.71. The van der Waals surface area contributed by atoms with Crippen LogP contribution in [0.4, 0.5) is 0 Å². The van der Waals surface area contributed by atoms with Crippen LogP contribution < -0.4 is 5.30 Å². The number of benzene rings is 1. The molecule has 1 aliphatic heterocycles. The Morgan fingerprint density at radius 2 is 2.05 bits per heavy atom. The van der Waals surface area contributed by atoms with Crippen LogP contribution in [0.25, 0.3) is 0 Å². The number of nitrogens with zero attached hydrogens (tertiary/aromatic N) is 1. The van der Waals surface area contributed by atoms with E-state index < -0.39 is 7.14 Å². The van der Waals surface area contributed by atoms with E-state index in [9.17, 15) is 9.36 Å². The molecule has 0 radical (unpaired) electrons. The molecule has 1 aromatic rings. The maximum absolute atomic E-state index is 12.6. The molecule has 0 atom stereocenters. The fraction of sp³-hybridized carbons (Fsp3) is 0.533. The third-order valence-electron chi connectivity index (χ3n) is 4.11. The number of hydrogen-bond donors (Lipinski definition) is 0. The summed E-state index contributed by atoms with van der Waals surface area (Å²) in [6, 6.07) is 3.84. The quantitative estimate of drug-likeness (QED) is 0.775. The van der Waals surface area contributed by atoms with Gasteiger partial charge in [-0.05, 0) is 43.4 Å². The molecule has 20 heavy (non-hydrogen) atoms. The molecule has 1 aliphatic carbocycles. The number of hydrogen-bond acceptors (Lipinski definition) is 2. The van der Waals surface area contributed by atoms with Crippen LogP contribution in [0.5, 0.6) is 0 Å². The molecule has 0 saturated heterocycles. The van der Waals surface area contributed by atoms with Crippen molar-refractivity contribution in [3.05, 3.63) is 27.7 Å². The Balaban J connectivity index is 1.93. The minimum atomic E-state index is -2.45. The van der Waals surface area contributed by atoms with Gasteiger partial charge in [0.25, 0.3) is 5.91 Å². The summed E-state index contributed by atoms with van der Waals surface area (Å²) in [5, 5.41) is 0.723. The summed E-state index contributed by atoms with van der Waals surface area (Å²) < 4.78 is 13.4. The van der Waals surface area contributed by atoms with Gasteiger partial charge < -0.3 is 9.46 Å². The van der Waals surface area contributed by atoms with E-state index in [0.717, 1.165) is 34.2 Å². The lowest BCUT2D eigenvalue weighted by molar-refractivity contribution is 0.0775. The van der Waals surface area contributed by atoms with Gasteiger partial charge in [0.1, 0.15) is 7.14 Å². The first-order valence-electron chi connectivity index (χ1n) is 7.03. The van der Waals surface area contributed by atoms with Crippen molar-refractivity contribution in [2.45, 2.75) is 25.8 Å². The Morgan fingerprint density at radius 1 is 1.35 bits per heavy atom. The minimum Gasteiger partial charge on any atom is -0.334 e. The van der Waals surface area contributed by atoms with Gasteiger partial charge in [-0.25, -0.2) is 0 Å². The van der Waals surface area contributed by atoms with Crippen molar-refractivity contribution >= 4 is 34.3 Å². The minimum absolute atomic E-state index is 0.0621. The van der Waals surface area contributed by atoms with Crippen LogP contribution in [0, 0.1) is 5.92 Å². The fourth-order valence-corrected chi connectivity index (χ4v) is 4.71. The van der Waals surface area contributed by atoms with Crippen molar-refractivity contribution < 1.29 is 9.36 Å². The molecule has 1 heterocycles. The molecule has 1 fully saturated rings. The number of halogens is 1. The summed E-state index contributed by atoms with van der Waals surface area (Å²) in [7, 11) is -2.45. The smallest absolute Gasteiger partial charge is 0.255 e. The highest BCUT2D eigenvalue weighted by molar-refractivity contribution is 9.10. The molecule has 0 bridgehead atoms. The molecule has 5 heteroatoms. The molecule has 108 valence electrons. The molecule has 1 saturated carbocycles. The Morgan fingerprint density at radius 3 is 2.65 bits per heavy atom. The summed E-state index contributed by atoms with van der Waals surface area (Å²) in [6.07, 6.45) is 3.72.